The number of aromatic nitrogens is 2. The molecule has 1 fully saturated rings. The number of hydrogen-bond acceptors (Lipinski definition) is 5. The van der Waals surface area contributed by atoms with Crippen molar-refractivity contribution in [3.05, 3.63) is 49.1 Å². The van der Waals surface area contributed by atoms with Crippen molar-refractivity contribution in [2.45, 2.75) is 40.5 Å². The van der Waals surface area contributed by atoms with Gasteiger partial charge in [-0.05, 0) is 48.4 Å². The number of esters is 1. The molecule has 2 heterocycles. The van der Waals surface area contributed by atoms with E-state index in [1.54, 1.807) is 18.6 Å². The summed E-state index contributed by atoms with van der Waals surface area (Å²) in [6, 6.07) is 7.79. The lowest BCUT2D eigenvalue weighted by Crippen LogP contribution is -2.29. The third-order valence-corrected chi connectivity index (χ3v) is 5.19. The van der Waals surface area contributed by atoms with Gasteiger partial charge in [0.2, 0.25) is 0 Å². The number of anilines is 2. The van der Waals surface area contributed by atoms with Crippen LogP contribution in [0.25, 0.3) is 0 Å². The van der Waals surface area contributed by atoms with E-state index in [1.165, 1.54) is 0 Å². The molecule has 1 aliphatic rings. The van der Waals surface area contributed by atoms with Crippen LogP contribution >= 0.6 is 0 Å². The van der Waals surface area contributed by atoms with Crippen LogP contribution in [0.5, 0.6) is 0 Å². The van der Waals surface area contributed by atoms with Gasteiger partial charge in [-0.15, -0.1) is 0 Å². The molecule has 0 radical (unpaired) electrons. The summed E-state index contributed by atoms with van der Waals surface area (Å²) >= 11 is 0. The molecule has 3 rings (SSSR count). The SMILES string of the molecule is CC1CC1(CC(C)(C)C)C(=O)OCCN(c1ccncc1)c1cccnc1. The average molecular weight is 367 g/mol. The van der Waals surface area contributed by atoms with E-state index in [2.05, 4.69) is 42.6 Å². The van der Waals surface area contributed by atoms with Crippen molar-refractivity contribution in [2.24, 2.45) is 16.7 Å². The lowest BCUT2D eigenvalue weighted by Gasteiger charge is -2.27. The largest absolute Gasteiger partial charge is 0.463 e. The van der Waals surface area contributed by atoms with Crippen LogP contribution in [0.3, 0.4) is 0 Å². The first-order valence-electron chi connectivity index (χ1n) is 9.57. The van der Waals surface area contributed by atoms with Crippen molar-refractivity contribution in [3.63, 3.8) is 0 Å². The number of carbonyl (C=O) groups excluding carboxylic acids is 1. The van der Waals surface area contributed by atoms with E-state index in [4.69, 9.17) is 4.74 Å². The van der Waals surface area contributed by atoms with Crippen molar-refractivity contribution in [3.8, 4) is 0 Å². The molecular weight excluding hydrogens is 338 g/mol. The van der Waals surface area contributed by atoms with Crippen LogP contribution in [0.4, 0.5) is 11.4 Å². The fraction of sp³-hybridized carbons (Fsp3) is 0.500. The van der Waals surface area contributed by atoms with Crippen LogP contribution in [0, 0.1) is 16.7 Å². The summed E-state index contributed by atoms with van der Waals surface area (Å²) in [5.41, 5.74) is 1.78. The second-order valence-electron chi connectivity index (χ2n) is 8.70. The molecule has 0 aliphatic heterocycles. The highest BCUT2D eigenvalue weighted by atomic mass is 16.5. The third kappa shape index (κ3) is 4.65. The molecule has 0 saturated heterocycles. The fourth-order valence-corrected chi connectivity index (χ4v) is 3.85. The standard InChI is InChI=1S/C22H29N3O2/c1-17-14-22(17,16-21(2,3)4)20(26)27-13-12-25(18-7-10-23-11-8-18)19-6-5-9-24-15-19/h5-11,15,17H,12-14,16H2,1-4H3. The van der Waals surface area contributed by atoms with Crippen LogP contribution in [-0.2, 0) is 9.53 Å². The predicted octanol–water partition coefficient (Wildman–Crippen LogP) is 4.62. The second-order valence-corrected chi connectivity index (χ2v) is 8.70. The number of nitrogens with zero attached hydrogens (tertiary/aromatic N) is 3. The third-order valence-electron chi connectivity index (χ3n) is 5.19. The zero-order valence-electron chi connectivity index (χ0n) is 16.7. The highest BCUT2D eigenvalue weighted by Gasteiger charge is 2.59. The van der Waals surface area contributed by atoms with Crippen LogP contribution < -0.4 is 4.90 Å². The molecule has 0 aromatic carbocycles. The molecule has 1 saturated carbocycles. The quantitative estimate of drug-likeness (QED) is 0.668. The van der Waals surface area contributed by atoms with Gasteiger partial charge in [0.1, 0.15) is 6.61 Å². The molecule has 2 aromatic heterocycles. The molecule has 2 atom stereocenters. The first-order chi connectivity index (χ1) is 12.8. The zero-order chi connectivity index (χ0) is 19.5. The van der Waals surface area contributed by atoms with E-state index < -0.39 is 0 Å². The van der Waals surface area contributed by atoms with E-state index in [0.29, 0.717) is 19.1 Å². The second kappa shape index (κ2) is 7.67. The Morgan fingerprint density at radius 3 is 2.44 bits per heavy atom. The Balaban J connectivity index is 1.65. The summed E-state index contributed by atoms with van der Waals surface area (Å²) in [7, 11) is 0. The van der Waals surface area contributed by atoms with Gasteiger partial charge in [0.25, 0.3) is 0 Å². The number of hydrogen-bond donors (Lipinski definition) is 0. The smallest absolute Gasteiger partial charge is 0.312 e. The molecule has 5 heteroatoms. The van der Waals surface area contributed by atoms with Gasteiger partial charge in [-0.2, -0.15) is 0 Å². The van der Waals surface area contributed by atoms with Crippen molar-refractivity contribution in [1.82, 2.24) is 9.97 Å². The van der Waals surface area contributed by atoms with Crippen LogP contribution in [-0.4, -0.2) is 29.1 Å². The van der Waals surface area contributed by atoms with Gasteiger partial charge in [0.15, 0.2) is 0 Å². The maximum atomic E-state index is 12.8. The summed E-state index contributed by atoms with van der Waals surface area (Å²) in [6.07, 6.45) is 8.88. The molecule has 0 amide bonds. The van der Waals surface area contributed by atoms with Gasteiger partial charge in [-0.25, -0.2) is 0 Å². The Kier molecular flexibility index (Phi) is 5.49. The fourth-order valence-electron chi connectivity index (χ4n) is 3.85. The molecule has 0 spiro atoms. The lowest BCUT2D eigenvalue weighted by atomic mass is 9.81. The first-order valence-corrected chi connectivity index (χ1v) is 9.57. The zero-order valence-corrected chi connectivity index (χ0v) is 16.7. The predicted molar refractivity (Wildman–Crippen MR) is 107 cm³/mol. The van der Waals surface area contributed by atoms with Gasteiger partial charge in [0.05, 0.1) is 23.8 Å². The number of carbonyl (C=O) groups is 1. The number of rotatable bonds is 7. The summed E-state index contributed by atoms with van der Waals surface area (Å²) in [4.78, 5) is 23.2. The molecule has 1 aliphatic carbocycles. The van der Waals surface area contributed by atoms with Gasteiger partial charge in [-0.3, -0.25) is 14.8 Å². The van der Waals surface area contributed by atoms with E-state index in [-0.39, 0.29) is 16.8 Å². The molecule has 0 N–H and O–H groups in total. The molecule has 2 unspecified atom stereocenters. The highest BCUT2D eigenvalue weighted by Crippen LogP contribution is 2.59. The maximum Gasteiger partial charge on any atom is 0.312 e. The van der Waals surface area contributed by atoms with E-state index in [1.807, 2.05) is 30.5 Å². The van der Waals surface area contributed by atoms with Crippen molar-refractivity contribution >= 4 is 17.3 Å². The molecule has 2 aromatic rings. The van der Waals surface area contributed by atoms with Gasteiger partial charge >= 0.3 is 5.97 Å². The van der Waals surface area contributed by atoms with Crippen LogP contribution in [0.2, 0.25) is 0 Å². The molecular formula is C22H29N3O2. The normalized spacial score (nSPS) is 21.6. The summed E-state index contributed by atoms with van der Waals surface area (Å²) < 4.78 is 5.74. The number of ether oxygens (including phenoxy) is 1. The van der Waals surface area contributed by atoms with Gasteiger partial charge < -0.3 is 9.64 Å². The monoisotopic (exact) mass is 367 g/mol. The lowest BCUT2D eigenvalue weighted by molar-refractivity contribution is -0.151. The molecule has 27 heavy (non-hydrogen) atoms. The Labute approximate surface area is 161 Å². The van der Waals surface area contributed by atoms with Crippen LogP contribution in [0.15, 0.2) is 49.1 Å². The molecule has 144 valence electrons. The van der Waals surface area contributed by atoms with E-state index >= 15 is 0 Å². The van der Waals surface area contributed by atoms with E-state index in [9.17, 15) is 4.79 Å². The average Bonchev–Trinajstić information content (AvgIpc) is 3.28. The Hall–Kier alpha value is -2.43. The first kappa shape index (κ1) is 19.3. The van der Waals surface area contributed by atoms with Gasteiger partial charge in [-0.1, -0.05) is 27.7 Å². The number of pyridine rings is 2. The van der Waals surface area contributed by atoms with E-state index in [0.717, 1.165) is 24.2 Å². The maximum absolute atomic E-state index is 12.8. The minimum atomic E-state index is -0.298. The Morgan fingerprint density at radius 2 is 1.89 bits per heavy atom. The van der Waals surface area contributed by atoms with Gasteiger partial charge in [0, 0.05) is 24.3 Å². The minimum Gasteiger partial charge on any atom is -0.463 e. The van der Waals surface area contributed by atoms with Crippen molar-refractivity contribution in [1.29, 1.82) is 0 Å². The topological polar surface area (TPSA) is 55.3 Å². The summed E-state index contributed by atoms with van der Waals surface area (Å²) in [6.45, 7) is 9.60. The minimum absolute atomic E-state index is 0.0502. The van der Waals surface area contributed by atoms with Crippen LogP contribution in [0.1, 0.15) is 40.5 Å². The van der Waals surface area contributed by atoms with Crippen molar-refractivity contribution in [2.75, 3.05) is 18.1 Å². The summed E-state index contributed by atoms with van der Waals surface area (Å²) in [5, 5.41) is 0. The summed E-state index contributed by atoms with van der Waals surface area (Å²) in [5.74, 6) is 0.352. The van der Waals surface area contributed by atoms with Crippen molar-refractivity contribution < 1.29 is 9.53 Å². The Bertz CT molecular complexity index is 719. The Morgan fingerprint density at radius 1 is 1.19 bits per heavy atom. The molecule has 0 bridgehead atoms. The highest BCUT2D eigenvalue weighted by molar-refractivity contribution is 5.80. The molecule has 5 nitrogen and oxygen atoms in total.